The Morgan fingerprint density at radius 3 is 0.930 bits per heavy atom. The molecule has 2 heterocycles. The van der Waals surface area contributed by atoms with Crippen molar-refractivity contribution in [3.63, 3.8) is 0 Å². The Kier molecular flexibility index (Phi) is 17.4. The molecular weight excluding hydrogens is 860 g/mol. The fraction of sp³-hybridized carbons (Fsp3) is 0.152. The summed E-state index contributed by atoms with van der Waals surface area (Å²) in [5, 5.41) is 0. The molecule has 0 unspecified atom stereocenters. The smallest absolute Gasteiger partial charge is 0.205 e. The van der Waals surface area contributed by atoms with Gasteiger partial charge in [0.15, 0.2) is 25.5 Å². The van der Waals surface area contributed by atoms with Crippen LogP contribution in [0.2, 0.25) is 0 Å². The summed E-state index contributed by atoms with van der Waals surface area (Å²) in [4.78, 5) is 4.74. The summed E-state index contributed by atoms with van der Waals surface area (Å²) in [6.45, 7) is 14.5. The Morgan fingerprint density at radius 1 is 0.324 bits per heavy atom. The molecule has 9 rings (SSSR count). The molecule has 2 aromatic heterocycles. The molecule has 0 spiro atoms. The standard InChI is InChI=1S/C42H48N4.C24H20B/c1-5-43(6-2)41-27-21-35(22-28-41)19-25-39-17-11-13-31-45(39)33-37-15-9-10-16-38(37)34-46-32-14-12-18-40(46)26-20-36-23-29-42(30-24-36)44(7-3)8-4;1-5-13-21(14-6-1)25(22-15-7-2-8-16-22,23-17-9-3-10-18-23)24-19-11-4-12-20-24/h9-32H,5-8,33-34H2,1-4H3;1-20H/q+2;-1. The van der Waals surface area contributed by atoms with Crippen molar-refractivity contribution in [3.8, 4) is 0 Å². The Hall–Kier alpha value is -8.02. The predicted molar refractivity (Wildman–Crippen MR) is 306 cm³/mol. The van der Waals surface area contributed by atoms with E-state index in [1.54, 1.807) is 0 Å². The topological polar surface area (TPSA) is 14.2 Å². The first-order valence-corrected chi connectivity index (χ1v) is 25.5. The second kappa shape index (κ2) is 25.0. The van der Waals surface area contributed by atoms with Crippen molar-refractivity contribution in [2.45, 2.75) is 40.8 Å². The van der Waals surface area contributed by atoms with E-state index in [1.807, 2.05) is 0 Å². The van der Waals surface area contributed by atoms with Crippen LogP contribution in [0.25, 0.3) is 24.3 Å². The number of nitrogens with zero attached hydrogens (tertiary/aromatic N) is 4. The van der Waals surface area contributed by atoms with E-state index in [0.717, 1.165) is 39.3 Å². The minimum Gasteiger partial charge on any atom is -0.372 e. The summed E-state index contributed by atoms with van der Waals surface area (Å²) >= 11 is 0. The van der Waals surface area contributed by atoms with Crippen molar-refractivity contribution in [1.29, 1.82) is 0 Å². The molecule has 0 amide bonds. The summed E-state index contributed by atoms with van der Waals surface area (Å²) in [5.41, 5.74) is 15.3. The minimum absolute atomic E-state index is 0.801. The van der Waals surface area contributed by atoms with Crippen LogP contribution < -0.4 is 40.8 Å². The first-order valence-electron chi connectivity index (χ1n) is 25.5. The van der Waals surface area contributed by atoms with Crippen LogP contribution in [-0.4, -0.2) is 32.3 Å². The van der Waals surface area contributed by atoms with Crippen LogP contribution in [0, 0.1) is 0 Å². The Balaban J connectivity index is 0.000000226. The van der Waals surface area contributed by atoms with Gasteiger partial charge in [0.25, 0.3) is 0 Å². The molecule has 9 aromatic rings. The number of anilines is 2. The normalized spacial score (nSPS) is 11.3. The van der Waals surface area contributed by atoms with Crippen LogP contribution in [0.4, 0.5) is 11.4 Å². The highest BCUT2D eigenvalue weighted by molar-refractivity contribution is 7.19. The zero-order valence-corrected chi connectivity index (χ0v) is 42.0. The molecule has 0 bridgehead atoms. The average molecular weight is 928 g/mol. The number of pyridine rings is 2. The van der Waals surface area contributed by atoms with Crippen LogP contribution in [-0.2, 0) is 13.1 Å². The molecule has 0 radical (unpaired) electrons. The van der Waals surface area contributed by atoms with Gasteiger partial charge in [-0.15, -0.1) is 0 Å². The summed E-state index contributed by atoms with van der Waals surface area (Å²) in [6, 6.07) is 82.8. The summed E-state index contributed by atoms with van der Waals surface area (Å²) in [6.07, 6.45) is 12.0. The van der Waals surface area contributed by atoms with Crippen molar-refractivity contribution in [3.05, 3.63) is 277 Å². The summed E-state index contributed by atoms with van der Waals surface area (Å²) < 4.78 is 4.66. The fourth-order valence-corrected chi connectivity index (χ4v) is 10.1. The highest BCUT2D eigenvalue weighted by Crippen LogP contribution is 2.19. The van der Waals surface area contributed by atoms with Gasteiger partial charge in [0.1, 0.15) is 6.15 Å². The van der Waals surface area contributed by atoms with Gasteiger partial charge in [-0.05, 0) is 87.4 Å². The third kappa shape index (κ3) is 12.2. The van der Waals surface area contributed by atoms with E-state index >= 15 is 0 Å². The van der Waals surface area contributed by atoms with Gasteiger partial charge in [-0.3, -0.25) is 0 Å². The lowest BCUT2D eigenvalue weighted by Gasteiger charge is -2.44. The molecular formula is C66H68BN4+. The van der Waals surface area contributed by atoms with E-state index < -0.39 is 6.15 Å². The molecule has 0 atom stereocenters. The Labute approximate surface area is 424 Å². The third-order valence-electron chi connectivity index (χ3n) is 13.9. The van der Waals surface area contributed by atoms with E-state index in [1.165, 1.54) is 66.9 Å². The second-order valence-electron chi connectivity index (χ2n) is 18.0. The van der Waals surface area contributed by atoms with E-state index in [9.17, 15) is 0 Å². The maximum atomic E-state index is 2.37. The van der Waals surface area contributed by atoms with Gasteiger partial charge in [-0.2, -0.15) is 31.0 Å². The van der Waals surface area contributed by atoms with Crippen LogP contribution in [0.5, 0.6) is 0 Å². The van der Waals surface area contributed by atoms with E-state index in [2.05, 4.69) is 314 Å². The van der Waals surface area contributed by atoms with Gasteiger partial charge in [0.2, 0.25) is 11.4 Å². The number of aromatic nitrogens is 2. The highest BCUT2D eigenvalue weighted by atomic mass is 15.1. The molecule has 7 aromatic carbocycles. The molecule has 0 aliphatic rings. The van der Waals surface area contributed by atoms with Gasteiger partial charge >= 0.3 is 0 Å². The van der Waals surface area contributed by atoms with E-state index in [-0.39, 0.29) is 0 Å². The molecule has 0 N–H and O–H groups in total. The molecule has 4 nitrogen and oxygen atoms in total. The average Bonchev–Trinajstić information content (AvgIpc) is 3.44. The Morgan fingerprint density at radius 2 is 0.620 bits per heavy atom. The van der Waals surface area contributed by atoms with Crippen molar-refractivity contribution in [1.82, 2.24) is 0 Å². The first-order chi connectivity index (χ1) is 35.0. The van der Waals surface area contributed by atoms with Gasteiger partial charge in [0.05, 0.1) is 0 Å². The van der Waals surface area contributed by atoms with Gasteiger partial charge in [0, 0.05) is 85.1 Å². The van der Waals surface area contributed by atoms with E-state index in [4.69, 9.17) is 0 Å². The quantitative estimate of drug-likeness (QED) is 0.0629. The maximum Gasteiger partial charge on any atom is 0.205 e. The van der Waals surface area contributed by atoms with Gasteiger partial charge in [-0.25, -0.2) is 0 Å². The van der Waals surface area contributed by atoms with Crippen molar-refractivity contribution < 1.29 is 9.13 Å². The van der Waals surface area contributed by atoms with Crippen molar-refractivity contribution in [2.24, 2.45) is 0 Å². The van der Waals surface area contributed by atoms with Crippen LogP contribution >= 0.6 is 0 Å². The van der Waals surface area contributed by atoms with Gasteiger partial charge in [-0.1, -0.05) is 170 Å². The molecule has 0 fully saturated rings. The van der Waals surface area contributed by atoms with Gasteiger partial charge < -0.3 is 9.80 Å². The zero-order chi connectivity index (χ0) is 49.1. The third-order valence-corrected chi connectivity index (χ3v) is 13.9. The fourth-order valence-electron chi connectivity index (χ4n) is 10.1. The van der Waals surface area contributed by atoms with Crippen molar-refractivity contribution in [2.75, 3.05) is 36.0 Å². The van der Waals surface area contributed by atoms with Crippen molar-refractivity contribution >= 4 is 63.7 Å². The number of benzene rings is 7. The maximum absolute atomic E-state index is 2.37. The highest BCUT2D eigenvalue weighted by Gasteiger charge is 2.31. The Bertz CT molecular complexity index is 2760. The van der Waals surface area contributed by atoms with Crippen LogP contribution in [0.15, 0.2) is 243 Å². The lowest BCUT2D eigenvalue weighted by molar-refractivity contribution is -0.695. The molecule has 71 heavy (non-hydrogen) atoms. The van der Waals surface area contributed by atoms with E-state index in [0.29, 0.717) is 0 Å². The number of hydrogen-bond donors (Lipinski definition) is 0. The zero-order valence-electron chi connectivity index (χ0n) is 42.0. The monoisotopic (exact) mass is 928 g/mol. The molecule has 0 aliphatic heterocycles. The van der Waals surface area contributed by atoms with Crippen LogP contribution in [0.1, 0.15) is 61.3 Å². The molecule has 0 saturated heterocycles. The molecule has 0 aliphatic carbocycles. The molecule has 5 heteroatoms. The predicted octanol–water partition coefficient (Wildman–Crippen LogP) is 11.5. The summed E-state index contributed by atoms with van der Waals surface area (Å²) in [7, 11) is 0. The van der Waals surface area contributed by atoms with Crippen LogP contribution in [0.3, 0.4) is 0 Å². The first kappa shape index (κ1) is 49.4. The molecule has 0 saturated carbocycles. The summed E-state index contributed by atoms with van der Waals surface area (Å²) in [5.74, 6) is 0. The second-order valence-corrected chi connectivity index (χ2v) is 18.0. The largest absolute Gasteiger partial charge is 0.372 e. The SMILES string of the molecule is CCN(CC)c1ccc(/C=C/c2cccc[n+]2Cc2ccccc2C[n+]2ccccc2/C=C/c2ccc(N(CC)CC)cc2)cc1.c1ccc([B-](c2ccccc2)(c2ccccc2)c2ccccc2)cc1. The minimum atomic E-state index is -1.22. The lowest BCUT2D eigenvalue weighted by Crippen LogP contribution is -2.74. The molecule has 354 valence electrons. The lowest BCUT2D eigenvalue weighted by atomic mass is 9.13. The number of rotatable bonds is 18. The number of hydrogen-bond acceptors (Lipinski definition) is 2.